The molecule has 2 heterocycles. The van der Waals surface area contributed by atoms with Gasteiger partial charge in [-0.1, -0.05) is 30.3 Å². The highest BCUT2D eigenvalue weighted by atomic mass is 19.3. The van der Waals surface area contributed by atoms with E-state index in [1.165, 1.54) is 25.2 Å². The summed E-state index contributed by atoms with van der Waals surface area (Å²) in [6, 6.07) is 16.3. The molecule has 0 aliphatic heterocycles. The first-order valence-corrected chi connectivity index (χ1v) is 12.4. The highest BCUT2D eigenvalue weighted by molar-refractivity contribution is 6.04. The summed E-state index contributed by atoms with van der Waals surface area (Å²) < 4.78 is 28.2. The van der Waals surface area contributed by atoms with Crippen LogP contribution in [0.25, 0.3) is 16.8 Å². The molecule has 1 aliphatic rings. The van der Waals surface area contributed by atoms with Crippen LogP contribution in [-0.2, 0) is 11.2 Å². The fraction of sp³-hybridized carbons (Fsp3) is 0.286. The number of aromatic nitrogens is 4. The van der Waals surface area contributed by atoms with Gasteiger partial charge in [-0.25, -0.2) is 9.67 Å². The molecule has 4 aromatic rings. The Morgan fingerprint density at radius 1 is 1.03 bits per heavy atom. The molecule has 7 nitrogen and oxygen atoms in total. The number of ketones is 1. The van der Waals surface area contributed by atoms with Crippen LogP contribution in [0.15, 0.2) is 73.2 Å². The summed E-state index contributed by atoms with van der Waals surface area (Å²) in [5.41, 5.74) is 3.07. The van der Waals surface area contributed by atoms with E-state index >= 15 is 0 Å². The molecule has 9 heteroatoms. The van der Waals surface area contributed by atoms with Crippen molar-refractivity contribution in [3.05, 3.63) is 84.4 Å². The molecule has 0 spiro atoms. The van der Waals surface area contributed by atoms with Gasteiger partial charge < -0.3 is 0 Å². The van der Waals surface area contributed by atoms with Gasteiger partial charge in [0.05, 0.1) is 11.9 Å². The lowest BCUT2D eigenvalue weighted by molar-refractivity contribution is -0.119. The van der Waals surface area contributed by atoms with Gasteiger partial charge in [0.15, 0.2) is 0 Å². The van der Waals surface area contributed by atoms with Gasteiger partial charge in [0.1, 0.15) is 5.78 Å². The topological polar surface area (TPSA) is 81.8 Å². The van der Waals surface area contributed by atoms with Crippen LogP contribution >= 0.6 is 0 Å². The maximum absolute atomic E-state index is 13.2. The molecule has 2 aromatic carbocycles. The van der Waals surface area contributed by atoms with E-state index in [4.69, 9.17) is 0 Å². The van der Waals surface area contributed by atoms with Crippen LogP contribution < -0.4 is 5.32 Å². The van der Waals surface area contributed by atoms with Gasteiger partial charge in [-0.2, -0.15) is 13.9 Å². The third-order valence-electron chi connectivity index (χ3n) is 6.38. The minimum Gasteiger partial charge on any atom is -0.300 e. The Morgan fingerprint density at radius 3 is 2.57 bits per heavy atom. The number of aryl methyl sites for hydroxylation is 1. The van der Waals surface area contributed by atoms with Gasteiger partial charge in [0.25, 0.3) is 5.91 Å². The quantitative estimate of drug-likeness (QED) is 0.269. The van der Waals surface area contributed by atoms with Gasteiger partial charge in [-0.05, 0) is 61.4 Å². The summed E-state index contributed by atoms with van der Waals surface area (Å²) >= 11 is 0. The molecule has 1 saturated carbocycles. The average Bonchev–Trinajstić information content (AvgIpc) is 3.40. The van der Waals surface area contributed by atoms with Crippen LogP contribution in [0.3, 0.4) is 0 Å². The predicted octanol–water partition coefficient (Wildman–Crippen LogP) is 6.08. The highest BCUT2D eigenvalue weighted by Gasteiger charge is 2.24. The summed E-state index contributed by atoms with van der Waals surface area (Å²) in [5, 5.41) is 6.55. The molecule has 0 unspecified atom stereocenters. The van der Waals surface area contributed by atoms with Gasteiger partial charge in [-0.3, -0.25) is 19.5 Å². The average molecular weight is 504 g/mol. The Kier molecular flexibility index (Phi) is 7.20. The number of carbonyl (C=O) groups excluding carboxylic acids is 2. The molecule has 190 valence electrons. The van der Waals surface area contributed by atoms with Crippen molar-refractivity contribution in [1.82, 2.24) is 19.3 Å². The molecule has 2 aromatic heterocycles. The van der Waals surface area contributed by atoms with Crippen LogP contribution in [0.1, 0.15) is 54.7 Å². The van der Waals surface area contributed by atoms with E-state index < -0.39 is 6.55 Å². The molecule has 37 heavy (non-hydrogen) atoms. The van der Waals surface area contributed by atoms with Crippen molar-refractivity contribution >= 4 is 17.6 Å². The number of anilines is 1. The Balaban J connectivity index is 1.32. The minimum atomic E-state index is -2.73. The molecule has 1 amide bonds. The Labute approximate surface area is 213 Å². The number of hydrogen-bond donors (Lipinski definition) is 1. The van der Waals surface area contributed by atoms with Gasteiger partial charge >= 0.3 is 6.55 Å². The zero-order valence-electron chi connectivity index (χ0n) is 20.2. The van der Waals surface area contributed by atoms with Crippen molar-refractivity contribution in [2.45, 2.75) is 45.1 Å². The van der Waals surface area contributed by atoms with Crippen molar-refractivity contribution in [3.8, 4) is 16.8 Å². The number of nitrogens with zero attached hydrogens (tertiary/aromatic N) is 4. The normalized spacial score (nSPS) is 13.2. The Bertz CT molecular complexity index is 1390. The zero-order chi connectivity index (χ0) is 25.8. The number of alkyl halides is 2. The number of imidazole rings is 1. The van der Waals surface area contributed by atoms with Crippen LogP contribution in [0, 0.1) is 5.92 Å². The van der Waals surface area contributed by atoms with Crippen molar-refractivity contribution in [3.63, 3.8) is 0 Å². The summed E-state index contributed by atoms with van der Waals surface area (Å²) in [6.45, 7) is -2.73. The van der Waals surface area contributed by atoms with E-state index in [0.717, 1.165) is 11.4 Å². The molecule has 0 atom stereocenters. The van der Waals surface area contributed by atoms with Crippen molar-refractivity contribution in [2.24, 2.45) is 5.92 Å². The van der Waals surface area contributed by atoms with E-state index in [2.05, 4.69) is 15.4 Å². The molecule has 0 radical (unpaired) electrons. The third-order valence-corrected chi connectivity index (χ3v) is 6.38. The van der Waals surface area contributed by atoms with Crippen LogP contribution in [0.5, 0.6) is 0 Å². The number of nitrogens with one attached hydrogen (secondary N) is 1. The Hall–Kier alpha value is -4.14. The fourth-order valence-electron chi connectivity index (χ4n) is 4.24. The second kappa shape index (κ2) is 10.9. The van der Waals surface area contributed by atoms with E-state index in [1.54, 1.807) is 24.3 Å². The smallest absolute Gasteiger partial charge is 0.300 e. The van der Waals surface area contributed by atoms with E-state index in [1.807, 2.05) is 41.1 Å². The number of Topliss-reactive ketones (excluding diaryl/α,β-unsaturated/α-hetero) is 1. The summed E-state index contributed by atoms with van der Waals surface area (Å²) in [4.78, 5) is 29.9. The number of benzene rings is 2. The zero-order valence-corrected chi connectivity index (χ0v) is 20.2. The first kappa shape index (κ1) is 24.5. The number of para-hydroxylation sites is 1. The standard InChI is InChI=1S/C28H27F2N5O2/c29-27(30)35-17-22(16-31-35)20-6-4-7-21(15-20)26(37)33-28-32-23(8-5-11-25(36)14-19-12-13-19)18-34(28)24-9-2-1-3-10-24/h1-4,6-7,9-10,15-19,27H,5,8,11-14H2,(H,32,33,37). The van der Waals surface area contributed by atoms with Crippen molar-refractivity contribution < 1.29 is 18.4 Å². The van der Waals surface area contributed by atoms with E-state index in [0.29, 0.717) is 64.7 Å². The lowest BCUT2D eigenvalue weighted by Gasteiger charge is -2.09. The SMILES string of the molecule is O=C(CCCc1cn(-c2ccccc2)c(NC(=O)c2cccc(-c3cnn(C(F)F)c3)c2)n1)CC1CC1. The van der Waals surface area contributed by atoms with Crippen molar-refractivity contribution in [2.75, 3.05) is 5.32 Å². The first-order valence-electron chi connectivity index (χ1n) is 12.4. The number of carbonyl (C=O) groups is 2. The number of amides is 1. The molecule has 0 saturated heterocycles. The molecule has 5 rings (SSSR count). The largest absolute Gasteiger partial charge is 0.333 e. The molecule has 1 aliphatic carbocycles. The second-order valence-electron chi connectivity index (χ2n) is 9.32. The first-order chi connectivity index (χ1) is 18.0. The van der Waals surface area contributed by atoms with Crippen LogP contribution in [-0.4, -0.2) is 31.0 Å². The van der Waals surface area contributed by atoms with Crippen LogP contribution in [0.2, 0.25) is 0 Å². The maximum atomic E-state index is 13.2. The third kappa shape index (κ3) is 6.17. The number of hydrogen-bond acceptors (Lipinski definition) is 4. The van der Waals surface area contributed by atoms with E-state index in [9.17, 15) is 18.4 Å². The predicted molar refractivity (Wildman–Crippen MR) is 136 cm³/mol. The highest BCUT2D eigenvalue weighted by Crippen LogP contribution is 2.33. The number of rotatable bonds is 11. The molecule has 1 N–H and O–H groups in total. The number of halogens is 2. The molecule has 1 fully saturated rings. The lowest BCUT2D eigenvalue weighted by atomic mass is 10.1. The van der Waals surface area contributed by atoms with E-state index in [-0.39, 0.29) is 5.91 Å². The fourth-order valence-corrected chi connectivity index (χ4v) is 4.24. The second-order valence-corrected chi connectivity index (χ2v) is 9.32. The van der Waals surface area contributed by atoms with Crippen molar-refractivity contribution in [1.29, 1.82) is 0 Å². The lowest BCUT2D eigenvalue weighted by Crippen LogP contribution is -2.15. The van der Waals surface area contributed by atoms with Gasteiger partial charge in [0.2, 0.25) is 5.95 Å². The van der Waals surface area contributed by atoms with Gasteiger partial charge in [0, 0.05) is 42.0 Å². The molecular weight excluding hydrogens is 476 g/mol. The summed E-state index contributed by atoms with van der Waals surface area (Å²) in [7, 11) is 0. The van der Waals surface area contributed by atoms with Crippen LogP contribution in [0.4, 0.5) is 14.7 Å². The summed E-state index contributed by atoms with van der Waals surface area (Å²) in [6.07, 6.45) is 9.34. The monoisotopic (exact) mass is 503 g/mol. The summed E-state index contributed by atoms with van der Waals surface area (Å²) in [5.74, 6) is 0.881. The van der Waals surface area contributed by atoms with Gasteiger partial charge in [-0.15, -0.1) is 0 Å². The molecule has 0 bridgehead atoms. The molecular formula is C28H27F2N5O2. The Morgan fingerprint density at radius 2 is 1.84 bits per heavy atom. The maximum Gasteiger partial charge on any atom is 0.333 e. The minimum absolute atomic E-state index is 0.303.